The maximum atomic E-state index is 12.9. The molecular formula is C56H75Cl2N3O4PS+. The molecule has 3 aliphatic rings. The number of unbranched alkanes of at least 4 members (excludes halogenated alkanes) is 4. The first-order chi connectivity index (χ1) is 32.2. The number of carbonyl (C=O) groups excluding carboxylic acids is 1. The number of hydrogen-bond donors (Lipinski definition) is 1. The smallest absolute Gasteiger partial charge is 0.303 e. The lowest BCUT2D eigenvalue weighted by Gasteiger charge is -2.27. The van der Waals surface area contributed by atoms with E-state index in [1.807, 2.05) is 25.1 Å². The minimum Gasteiger partial charge on any atom is -0.493 e. The molecular weight excluding hydrogens is 913 g/mol. The van der Waals surface area contributed by atoms with Gasteiger partial charge in [-0.2, -0.15) is 4.58 Å². The molecule has 3 aromatic rings. The van der Waals surface area contributed by atoms with Gasteiger partial charge in [-0.25, -0.2) is 0 Å². The Labute approximate surface area is 418 Å². The molecule has 2 aliphatic heterocycles. The minimum atomic E-state index is -0.718. The highest BCUT2D eigenvalue weighted by Crippen LogP contribution is 2.48. The number of para-hydroxylation sites is 2. The summed E-state index contributed by atoms with van der Waals surface area (Å²) in [5.41, 5.74) is 11.4. The highest BCUT2D eigenvalue weighted by Gasteiger charge is 2.45. The zero-order chi connectivity index (χ0) is 48.0. The van der Waals surface area contributed by atoms with Gasteiger partial charge >= 0.3 is 5.97 Å². The van der Waals surface area contributed by atoms with Gasteiger partial charge in [0, 0.05) is 89.3 Å². The average molecular weight is 988 g/mol. The van der Waals surface area contributed by atoms with Crippen molar-refractivity contribution in [3.63, 3.8) is 0 Å². The third-order valence-electron chi connectivity index (χ3n) is 14.0. The van der Waals surface area contributed by atoms with Crippen molar-refractivity contribution >= 4 is 72.4 Å². The molecule has 11 heteroatoms. The lowest BCUT2D eigenvalue weighted by atomic mass is 9.79. The fourth-order valence-corrected chi connectivity index (χ4v) is 12.0. The Morgan fingerprint density at radius 2 is 1.58 bits per heavy atom. The monoisotopic (exact) mass is 986 g/mol. The van der Waals surface area contributed by atoms with Crippen LogP contribution in [0.3, 0.4) is 0 Å². The molecule has 6 rings (SSSR count). The summed E-state index contributed by atoms with van der Waals surface area (Å²) in [4.78, 5) is 28.9. The number of ether oxygens (including phenoxy) is 1. The molecule has 3 aromatic carbocycles. The molecule has 1 N–H and O–H groups in total. The number of rotatable bonds is 26. The summed E-state index contributed by atoms with van der Waals surface area (Å²) in [7, 11) is 2.84. The van der Waals surface area contributed by atoms with Crippen molar-refractivity contribution in [2.24, 2.45) is 0 Å². The Balaban J connectivity index is 1.00. The second kappa shape index (κ2) is 25.5. The number of hydrogen-bond acceptors (Lipinski definition) is 6. The van der Waals surface area contributed by atoms with Crippen LogP contribution in [0.5, 0.6) is 5.75 Å². The first kappa shape index (κ1) is 53.0. The maximum absolute atomic E-state index is 12.9. The number of carbonyl (C=O) groups is 2. The molecule has 362 valence electrons. The molecule has 0 amide bonds. The van der Waals surface area contributed by atoms with Crippen LogP contribution in [0.1, 0.15) is 141 Å². The molecule has 0 saturated heterocycles. The Hall–Kier alpha value is -3.39. The van der Waals surface area contributed by atoms with Crippen LogP contribution in [0, 0.1) is 6.92 Å². The molecule has 67 heavy (non-hydrogen) atoms. The fourth-order valence-electron chi connectivity index (χ4n) is 10.3. The summed E-state index contributed by atoms with van der Waals surface area (Å²) >= 11 is 14.9. The molecule has 1 atom stereocenters. The molecule has 1 aliphatic carbocycles. The second-order valence-corrected chi connectivity index (χ2v) is 21.9. The predicted octanol–water partition coefficient (Wildman–Crippen LogP) is 14.5. The highest BCUT2D eigenvalue weighted by molar-refractivity contribution is 8.13. The zero-order valence-electron chi connectivity index (χ0n) is 40.8. The highest BCUT2D eigenvalue weighted by atomic mass is 35.5. The molecule has 0 fully saturated rings. The van der Waals surface area contributed by atoms with Crippen LogP contribution in [0.25, 0.3) is 0 Å². The van der Waals surface area contributed by atoms with E-state index in [9.17, 15) is 9.59 Å². The number of carboxylic acid groups (broad SMARTS) is 1. The number of anilines is 1. The van der Waals surface area contributed by atoms with Gasteiger partial charge in [0.05, 0.1) is 12.0 Å². The van der Waals surface area contributed by atoms with Crippen LogP contribution in [0.15, 0.2) is 101 Å². The number of allylic oxidation sites excluding steroid dienone is 6. The summed E-state index contributed by atoms with van der Waals surface area (Å²) in [6, 6.07) is 23.3. The normalized spacial score (nSPS) is 17.5. The fraction of sp³-hybridized carbons (Fsp3) is 0.518. The van der Waals surface area contributed by atoms with E-state index >= 15 is 0 Å². The van der Waals surface area contributed by atoms with Gasteiger partial charge in [0.25, 0.3) is 0 Å². The van der Waals surface area contributed by atoms with Crippen LogP contribution in [0.2, 0.25) is 5.02 Å². The van der Waals surface area contributed by atoms with Crippen LogP contribution in [-0.4, -0.2) is 76.2 Å². The van der Waals surface area contributed by atoms with Gasteiger partial charge in [0.1, 0.15) is 12.3 Å². The number of aryl methyl sites for hydroxylation is 1. The number of nitrogens with zero attached hydrogens (tertiary/aromatic N) is 3. The first-order valence-corrected chi connectivity index (χ1v) is 27.4. The van der Waals surface area contributed by atoms with Crippen molar-refractivity contribution in [1.29, 1.82) is 0 Å². The van der Waals surface area contributed by atoms with E-state index in [0.29, 0.717) is 24.6 Å². The third-order valence-corrected chi connectivity index (χ3v) is 16.3. The Kier molecular flexibility index (Phi) is 20.1. The van der Waals surface area contributed by atoms with Gasteiger partial charge in [-0.05, 0) is 139 Å². The predicted molar refractivity (Wildman–Crippen MR) is 287 cm³/mol. The molecule has 2 heterocycles. The molecule has 0 spiro atoms. The van der Waals surface area contributed by atoms with Crippen LogP contribution < -0.4 is 9.64 Å². The largest absolute Gasteiger partial charge is 0.493 e. The molecule has 0 saturated carbocycles. The number of halogens is 2. The standard InChI is InChI=1S/C56H74Cl2N3O4PS/c1-41-39-44(57)29-30-49(41)65-37-17-33-59(40-66)34-18-38-67-53(64)26-9-7-15-36-61-48-24-13-11-22-46(48)56(4,5)51(61)32-28-43-20-16-19-42(54(43)58)27-31-50-55(2,3)45-21-10-12-23-47(45)60(50)35-14-6-8-25-52(62)63/h10-13,21-24,28-30,32,39H,6-9,14-20,25-27,31,33-38,40,66H2,1-5H3/p+1/b43-28+,51-32-. The van der Waals surface area contributed by atoms with E-state index in [0.717, 1.165) is 137 Å². The van der Waals surface area contributed by atoms with Gasteiger partial charge in [0.2, 0.25) is 5.69 Å². The molecule has 1 unspecified atom stereocenters. The summed E-state index contributed by atoms with van der Waals surface area (Å²) in [6.45, 7) is 15.8. The van der Waals surface area contributed by atoms with E-state index in [1.54, 1.807) is 0 Å². The number of fused-ring (bicyclic) bond motifs is 2. The van der Waals surface area contributed by atoms with Crippen LogP contribution in [-0.2, 0) is 20.4 Å². The van der Waals surface area contributed by atoms with Crippen molar-refractivity contribution in [2.45, 2.75) is 142 Å². The second-order valence-electron chi connectivity index (χ2n) is 19.6. The minimum absolute atomic E-state index is 0.0865. The van der Waals surface area contributed by atoms with Crippen molar-refractivity contribution in [2.75, 3.05) is 49.7 Å². The van der Waals surface area contributed by atoms with Gasteiger partial charge < -0.3 is 14.7 Å². The van der Waals surface area contributed by atoms with E-state index in [1.165, 1.54) is 56.8 Å². The van der Waals surface area contributed by atoms with Crippen molar-refractivity contribution < 1.29 is 24.0 Å². The van der Waals surface area contributed by atoms with Gasteiger partial charge in [-0.1, -0.05) is 103 Å². The number of benzene rings is 3. The van der Waals surface area contributed by atoms with Crippen LogP contribution >= 0.6 is 44.2 Å². The SMILES string of the molecule is Cc1cc(Cl)ccc1OCCCN(CP)CCCSC(=O)CCCCCN1/C(=C\C=C2/CCCC(CCC3=[N+](CCCCCC(=O)O)c4ccccc4C3(C)C)=C2Cl)C(C)(C)c2ccccc21. The van der Waals surface area contributed by atoms with Gasteiger partial charge in [-0.15, -0.1) is 9.24 Å². The summed E-state index contributed by atoms with van der Waals surface area (Å²) < 4.78 is 8.50. The quantitative estimate of drug-likeness (QED) is 0.0488. The van der Waals surface area contributed by atoms with E-state index in [2.05, 4.69) is 112 Å². The lowest BCUT2D eigenvalue weighted by Crippen LogP contribution is -2.30. The van der Waals surface area contributed by atoms with E-state index in [-0.39, 0.29) is 17.3 Å². The zero-order valence-corrected chi connectivity index (χ0v) is 44.3. The molecule has 0 bridgehead atoms. The molecule has 0 aromatic heterocycles. The van der Waals surface area contributed by atoms with E-state index in [4.69, 9.17) is 33.0 Å². The number of aliphatic carboxylic acids is 1. The lowest BCUT2D eigenvalue weighted by molar-refractivity contribution is -0.440. The number of carboxylic acids is 1. The Bertz CT molecular complexity index is 2320. The van der Waals surface area contributed by atoms with Crippen LogP contribution in [0.4, 0.5) is 11.4 Å². The Morgan fingerprint density at radius 3 is 2.36 bits per heavy atom. The number of thioether (sulfide) groups is 1. The van der Waals surface area contributed by atoms with E-state index < -0.39 is 5.97 Å². The Morgan fingerprint density at radius 1 is 0.851 bits per heavy atom. The molecule has 0 radical (unpaired) electrons. The summed E-state index contributed by atoms with van der Waals surface area (Å²) in [5.74, 6) is 1.03. The third kappa shape index (κ3) is 14.1. The van der Waals surface area contributed by atoms with Crippen molar-refractivity contribution in [1.82, 2.24) is 4.90 Å². The maximum Gasteiger partial charge on any atom is 0.303 e. The van der Waals surface area contributed by atoms with Gasteiger partial charge in [0.15, 0.2) is 10.8 Å². The summed E-state index contributed by atoms with van der Waals surface area (Å²) in [6.07, 6.45) is 18.8. The van der Waals surface area contributed by atoms with Crippen molar-refractivity contribution in [3.8, 4) is 5.75 Å². The van der Waals surface area contributed by atoms with Crippen molar-refractivity contribution in [3.05, 3.63) is 122 Å². The topological polar surface area (TPSA) is 73.1 Å². The summed E-state index contributed by atoms with van der Waals surface area (Å²) in [5, 5.41) is 11.1. The first-order valence-electron chi connectivity index (χ1n) is 24.8. The van der Waals surface area contributed by atoms with Gasteiger partial charge in [-0.3, -0.25) is 14.5 Å². The molecule has 7 nitrogen and oxygen atoms in total. The average Bonchev–Trinajstić information content (AvgIpc) is 3.65.